The van der Waals surface area contributed by atoms with E-state index in [0.29, 0.717) is 0 Å². The third-order valence-corrected chi connectivity index (χ3v) is 3.90. The summed E-state index contributed by atoms with van der Waals surface area (Å²) in [6.07, 6.45) is 9.72. The SMILES string of the molecule is Cc1ccc(C)c(CC(N)CC2=CCCCC2)c1. The van der Waals surface area contributed by atoms with Crippen LogP contribution >= 0.6 is 0 Å². The third-order valence-electron chi connectivity index (χ3n) is 3.90. The van der Waals surface area contributed by atoms with Crippen LogP contribution in [0.3, 0.4) is 0 Å². The molecule has 1 heteroatoms. The molecule has 1 aliphatic carbocycles. The molecular weight excluding hydrogens is 218 g/mol. The molecular formula is C17H25N. The van der Waals surface area contributed by atoms with Crippen LogP contribution in [0.2, 0.25) is 0 Å². The van der Waals surface area contributed by atoms with Crippen LogP contribution in [0.1, 0.15) is 48.8 Å². The van der Waals surface area contributed by atoms with Gasteiger partial charge < -0.3 is 5.73 Å². The van der Waals surface area contributed by atoms with Gasteiger partial charge in [-0.15, -0.1) is 0 Å². The number of hydrogen-bond acceptors (Lipinski definition) is 1. The van der Waals surface area contributed by atoms with Crippen molar-refractivity contribution in [3.63, 3.8) is 0 Å². The molecule has 0 amide bonds. The smallest absolute Gasteiger partial charge is 0.0117 e. The van der Waals surface area contributed by atoms with Crippen LogP contribution in [0.5, 0.6) is 0 Å². The second kappa shape index (κ2) is 6.19. The Morgan fingerprint density at radius 2 is 2.00 bits per heavy atom. The van der Waals surface area contributed by atoms with E-state index >= 15 is 0 Å². The van der Waals surface area contributed by atoms with E-state index in [4.69, 9.17) is 5.73 Å². The molecule has 0 heterocycles. The highest BCUT2D eigenvalue weighted by atomic mass is 14.6. The molecule has 0 aliphatic heterocycles. The Morgan fingerprint density at radius 3 is 2.72 bits per heavy atom. The minimum absolute atomic E-state index is 0.273. The average Bonchev–Trinajstić information content (AvgIpc) is 2.35. The molecule has 0 saturated heterocycles. The monoisotopic (exact) mass is 243 g/mol. The summed E-state index contributed by atoms with van der Waals surface area (Å²) in [6.45, 7) is 4.33. The van der Waals surface area contributed by atoms with Crippen molar-refractivity contribution < 1.29 is 0 Å². The van der Waals surface area contributed by atoms with Gasteiger partial charge in [-0.05, 0) is 63.5 Å². The number of hydrogen-bond donors (Lipinski definition) is 1. The predicted octanol–water partition coefficient (Wildman–Crippen LogP) is 4.06. The molecule has 0 radical (unpaired) electrons. The van der Waals surface area contributed by atoms with Gasteiger partial charge in [0.1, 0.15) is 0 Å². The van der Waals surface area contributed by atoms with E-state index in [1.807, 2.05) is 0 Å². The molecule has 0 aromatic heterocycles. The maximum Gasteiger partial charge on any atom is 0.0117 e. The summed E-state index contributed by atoms with van der Waals surface area (Å²) in [5, 5.41) is 0. The van der Waals surface area contributed by atoms with Crippen molar-refractivity contribution in [1.29, 1.82) is 0 Å². The van der Waals surface area contributed by atoms with Gasteiger partial charge in [-0.2, -0.15) is 0 Å². The summed E-state index contributed by atoms with van der Waals surface area (Å²) < 4.78 is 0. The lowest BCUT2D eigenvalue weighted by Gasteiger charge is -2.18. The van der Waals surface area contributed by atoms with E-state index in [1.165, 1.54) is 42.4 Å². The molecule has 1 unspecified atom stereocenters. The maximum absolute atomic E-state index is 6.31. The zero-order valence-electron chi connectivity index (χ0n) is 11.7. The zero-order chi connectivity index (χ0) is 13.0. The number of rotatable bonds is 4. The molecule has 0 saturated carbocycles. The van der Waals surface area contributed by atoms with Crippen molar-refractivity contribution in [1.82, 2.24) is 0 Å². The topological polar surface area (TPSA) is 26.0 Å². The molecule has 1 aromatic carbocycles. The second-order valence-corrected chi connectivity index (χ2v) is 5.71. The average molecular weight is 243 g/mol. The number of aryl methyl sites for hydroxylation is 2. The van der Waals surface area contributed by atoms with Crippen molar-refractivity contribution in [3.8, 4) is 0 Å². The van der Waals surface area contributed by atoms with Crippen LogP contribution in [0.25, 0.3) is 0 Å². The molecule has 1 aromatic rings. The number of allylic oxidation sites excluding steroid dienone is 1. The third kappa shape index (κ3) is 3.71. The summed E-state index contributed by atoms with van der Waals surface area (Å²) in [4.78, 5) is 0. The first kappa shape index (κ1) is 13.4. The summed E-state index contributed by atoms with van der Waals surface area (Å²) in [5.74, 6) is 0. The minimum atomic E-state index is 0.273. The van der Waals surface area contributed by atoms with Gasteiger partial charge in [0.25, 0.3) is 0 Å². The lowest BCUT2D eigenvalue weighted by atomic mass is 9.91. The minimum Gasteiger partial charge on any atom is -0.327 e. The fraction of sp³-hybridized carbons (Fsp3) is 0.529. The summed E-state index contributed by atoms with van der Waals surface area (Å²) in [5.41, 5.74) is 12.0. The van der Waals surface area contributed by atoms with Gasteiger partial charge in [0.15, 0.2) is 0 Å². The van der Waals surface area contributed by atoms with Crippen LogP contribution < -0.4 is 5.73 Å². The Balaban J connectivity index is 1.96. The predicted molar refractivity (Wildman–Crippen MR) is 78.8 cm³/mol. The van der Waals surface area contributed by atoms with Gasteiger partial charge in [-0.25, -0.2) is 0 Å². The van der Waals surface area contributed by atoms with Gasteiger partial charge in [-0.3, -0.25) is 0 Å². The largest absolute Gasteiger partial charge is 0.327 e. The van der Waals surface area contributed by atoms with Crippen molar-refractivity contribution in [3.05, 3.63) is 46.5 Å². The van der Waals surface area contributed by atoms with Crippen molar-refractivity contribution in [2.45, 2.75) is 58.4 Å². The van der Waals surface area contributed by atoms with E-state index in [-0.39, 0.29) is 6.04 Å². The van der Waals surface area contributed by atoms with Crippen LogP contribution in [-0.4, -0.2) is 6.04 Å². The first-order valence-corrected chi connectivity index (χ1v) is 7.15. The maximum atomic E-state index is 6.31. The van der Waals surface area contributed by atoms with E-state index in [0.717, 1.165) is 12.8 Å². The highest BCUT2D eigenvalue weighted by molar-refractivity contribution is 5.31. The molecule has 98 valence electrons. The second-order valence-electron chi connectivity index (χ2n) is 5.71. The molecule has 0 bridgehead atoms. The lowest BCUT2D eigenvalue weighted by molar-refractivity contribution is 0.604. The fourth-order valence-electron chi connectivity index (χ4n) is 2.80. The molecule has 0 fully saturated rings. The van der Waals surface area contributed by atoms with Crippen molar-refractivity contribution in [2.75, 3.05) is 0 Å². The molecule has 0 spiro atoms. The lowest BCUT2D eigenvalue weighted by Crippen LogP contribution is -2.24. The van der Waals surface area contributed by atoms with Crippen molar-refractivity contribution in [2.24, 2.45) is 5.73 Å². The van der Waals surface area contributed by atoms with E-state index in [2.05, 4.69) is 38.1 Å². The van der Waals surface area contributed by atoms with Gasteiger partial charge >= 0.3 is 0 Å². The van der Waals surface area contributed by atoms with Gasteiger partial charge in [0.05, 0.1) is 0 Å². The normalized spacial score (nSPS) is 17.4. The molecule has 18 heavy (non-hydrogen) atoms. The van der Waals surface area contributed by atoms with Crippen LogP contribution in [-0.2, 0) is 6.42 Å². The van der Waals surface area contributed by atoms with E-state index in [1.54, 1.807) is 5.57 Å². The van der Waals surface area contributed by atoms with E-state index in [9.17, 15) is 0 Å². The highest BCUT2D eigenvalue weighted by Gasteiger charge is 2.11. The number of benzene rings is 1. The molecule has 1 atom stereocenters. The summed E-state index contributed by atoms with van der Waals surface area (Å²) >= 11 is 0. The van der Waals surface area contributed by atoms with Crippen LogP contribution in [0.15, 0.2) is 29.8 Å². The Hall–Kier alpha value is -1.08. The van der Waals surface area contributed by atoms with Gasteiger partial charge in [0, 0.05) is 6.04 Å². The molecule has 2 rings (SSSR count). The van der Waals surface area contributed by atoms with Gasteiger partial charge in [0.2, 0.25) is 0 Å². The number of nitrogens with two attached hydrogens (primary N) is 1. The Kier molecular flexibility index (Phi) is 4.60. The summed E-state index contributed by atoms with van der Waals surface area (Å²) in [6, 6.07) is 6.94. The van der Waals surface area contributed by atoms with Crippen LogP contribution in [0, 0.1) is 13.8 Å². The Labute approximate surface area is 111 Å². The molecule has 1 aliphatic rings. The first-order chi connectivity index (χ1) is 8.65. The Bertz CT molecular complexity index is 431. The molecule has 1 nitrogen and oxygen atoms in total. The first-order valence-electron chi connectivity index (χ1n) is 7.15. The van der Waals surface area contributed by atoms with E-state index < -0.39 is 0 Å². The quantitative estimate of drug-likeness (QED) is 0.793. The fourth-order valence-corrected chi connectivity index (χ4v) is 2.80. The highest BCUT2D eigenvalue weighted by Crippen LogP contribution is 2.22. The zero-order valence-corrected chi connectivity index (χ0v) is 11.7. The summed E-state index contributed by atoms with van der Waals surface area (Å²) in [7, 11) is 0. The Morgan fingerprint density at radius 1 is 1.17 bits per heavy atom. The van der Waals surface area contributed by atoms with Gasteiger partial charge in [-0.1, -0.05) is 35.4 Å². The van der Waals surface area contributed by atoms with Crippen molar-refractivity contribution >= 4 is 0 Å². The molecule has 2 N–H and O–H groups in total. The standard InChI is InChI=1S/C17H25N/c1-13-8-9-14(2)16(10-13)12-17(18)11-15-6-4-3-5-7-15/h6,8-10,17H,3-5,7,11-12,18H2,1-2H3. The van der Waals surface area contributed by atoms with Crippen LogP contribution in [0.4, 0.5) is 0 Å².